The Balaban J connectivity index is 2.84. The van der Waals surface area contributed by atoms with Gasteiger partial charge in [0, 0.05) is 12.1 Å². The first kappa shape index (κ1) is 29.3. The summed E-state index contributed by atoms with van der Waals surface area (Å²) in [6, 6.07) is 3.97. The minimum absolute atomic E-state index is 0.382. The van der Waals surface area contributed by atoms with Crippen molar-refractivity contribution in [2.75, 3.05) is 0 Å². The Labute approximate surface area is 217 Å². The zero-order valence-electron chi connectivity index (χ0n) is 23.2. The maximum Gasteiger partial charge on any atom is 0.258 e. The Hall–Kier alpha value is -0.926. The molecule has 0 fully saturated rings. The molecule has 0 radical (unpaired) electrons. The van der Waals surface area contributed by atoms with Crippen molar-refractivity contribution < 1.29 is 13.2 Å². The molecule has 0 spiro atoms. The second-order valence-electron chi connectivity index (χ2n) is 11.6. The first-order valence-electron chi connectivity index (χ1n) is 12.8. The largest absolute Gasteiger partial charge is 0.543 e. The van der Waals surface area contributed by atoms with Gasteiger partial charge < -0.3 is 8.85 Å². The second kappa shape index (κ2) is 11.0. The summed E-state index contributed by atoms with van der Waals surface area (Å²) in [6.07, 6.45) is 1.27. The van der Waals surface area contributed by atoms with E-state index in [4.69, 9.17) is 8.85 Å². The molecule has 1 heterocycles. The van der Waals surface area contributed by atoms with Crippen molar-refractivity contribution in [2.24, 2.45) is 0 Å². The lowest BCUT2D eigenvalue weighted by atomic mass is 10.2. The number of halogens is 2. The highest BCUT2D eigenvalue weighted by Gasteiger charge is 2.49. The SMILES string of the molecule is CC(C)[Si](Oc1cc(O[Si](C(C)C)(C(C)C)C(C)C)c2c(Br)c(F)cnc2c1)(C(C)C)C(C)C. The van der Waals surface area contributed by atoms with Gasteiger partial charge in [0.15, 0.2) is 5.82 Å². The highest BCUT2D eigenvalue weighted by molar-refractivity contribution is 9.10. The van der Waals surface area contributed by atoms with E-state index in [9.17, 15) is 4.39 Å². The molecule has 0 amide bonds. The molecule has 3 nitrogen and oxygen atoms in total. The molecular weight excluding hydrogens is 525 g/mol. The highest BCUT2D eigenvalue weighted by Crippen LogP contribution is 2.48. The lowest BCUT2D eigenvalue weighted by Crippen LogP contribution is -2.51. The van der Waals surface area contributed by atoms with Gasteiger partial charge in [0.05, 0.1) is 21.6 Å². The molecule has 0 saturated carbocycles. The molecule has 0 atom stereocenters. The third-order valence-corrected chi connectivity index (χ3v) is 20.6. The van der Waals surface area contributed by atoms with E-state index in [1.54, 1.807) is 0 Å². The van der Waals surface area contributed by atoms with Crippen LogP contribution >= 0.6 is 15.9 Å². The summed E-state index contributed by atoms with van der Waals surface area (Å²) in [6.45, 7) is 27.2. The topological polar surface area (TPSA) is 31.4 Å². The van der Waals surface area contributed by atoms with Crippen molar-refractivity contribution in [3.8, 4) is 11.5 Å². The lowest BCUT2D eigenvalue weighted by Gasteiger charge is -2.43. The van der Waals surface area contributed by atoms with E-state index < -0.39 is 16.6 Å². The van der Waals surface area contributed by atoms with Crippen molar-refractivity contribution in [1.82, 2.24) is 4.98 Å². The van der Waals surface area contributed by atoms with Gasteiger partial charge >= 0.3 is 0 Å². The van der Waals surface area contributed by atoms with Crippen LogP contribution < -0.4 is 8.85 Å². The van der Waals surface area contributed by atoms with Gasteiger partial charge in [0.2, 0.25) is 0 Å². The van der Waals surface area contributed by atoms with Gasteiger partial charge in [0.25, 0.3) is 16.6 Å². The summed E-state index contributed by atoms with van der Waals surface area (Å²) in [5.74, 6) is 1.09. The molecule has 0 aliphatic heterocycles. The van der Waals surface area contributed by atoms with Gasteiger partial charge in [-0.05, 0) is 49.2 Å². The average Bonchev–Trinajstić information content (AvgIpc) is 2.70. The Bertz CT molecular complexity index is 949. The highest BCUT2D eigenvalue weighted by atomic mass is 79.9. The van der Waals surface area contributed by atoms with Gasteiger partial charge in [-0.1, -0.05) is 83.1 Å². The normalized spacial score (nSPS) is 13.4. The van der Waals surface area contributed by atoms with E-state index in [2.05, 4.69) is 104 Å². The van der Waals surface area contributed by atoms with Crippen LogP contribution in [0.15, 0.2) is 22.8 Å². The molecule has 2 rings (SSSR count). The fourth-order valence-electron chi connectivity index (χ4n) is 6.44. The Morgan fingerprint density at radius 1 is 0.706 bits per heavy atom. The van der Waals surface area contributed by atoms with Crippen LogP contribution in [0.1, 0.15) is 83.1 Å². The molecule has 7 heteroatoms. The third kappa shape index (κ3) is 5.12. The average molecular weight is 571 g/mol. The van der Waals surface area contributed by atoms with Crippen molar-refractivity contribution in [3.05, 3.63) is 28.6 Å². The van der Waals surface area contributed by atoms with Crippen molar-refractivity contribution in [2.45, 2.75) is 116 Å². The van der Waals surface area contributed by atoms with Crippen LogP contribution in [0.4, 0.5) is 4.39 Å². The van der Waals surface area contributed by atoms with Gasteiger partial charge in [-0.2, -0.15) is 0 Å². The molecule has 0 unspecified atom stereocenters. The molecule has 0 N–H and O–H groups in total. The Morgan fingerprint density at radius 3 is 1.53 bits per heavy atom. The standard InChI is InChI=1S/C27H45BrFNO2Si2/c1-16(2)33(17(3)4,18(5)6)31-22-13-24-26(27(28)23(29)15-30-24)25(14-22)32-34(19(7)8,20(9)10)21(11)12/h13-21H,1-12H3. The van der Waals surface area contributed by atoms with E-state index in [0.29, 0.717) is 54.4 Å². The number of benzene rings is 1. The third-order valence-electron chi connectivity index (χ3n) is 7.80. The van der Waals surface area contributed by atoms with Crippen LogP contribution in [-0.4, -0.2) is 21.6 Å². The van der Waals surface area contributed by atoms with Crippen LogP contribution in [-0.2, 0) is 0 Å². The monoisotopic (exact) mass is 569 g/mol. The van der Waals surface area contributed by atoms with Crippen LogP contribution in [0.5, 0.6) is 11.5 Å². The molecule has 192 valence electrons. The lowest BCUT2D eigenvalue weighted by molar-refractivity contribution is 0.464. The van der Waals surface area contributed by atoms with Crippen LogP contribution in [0.2, 0.25) is 33.2 Å². The van der Waals surface area contributed by atoms with Gasteiger partial charge in [-0.25, -0.2) is 4.39 Å². The van der Waals surface area contributed by atoms with Gasteiger partial charge in [-0.15, -0.1) is 0 Å². The van der Waals surface area contributed by atoms with Crippen molar-refractivity contribution >= 4 is 43.5 Å². The zero-order valence-corrected chi connectivity index (χ0v) is 26.8. The van der Waals surface area contributed by atoms with E-state index >= 15 is 0 Å². The van der Waals surface area contributed by atoms with Gasteiger partial charge in [0.1, 0.15) is 11.5 Å². The number of nitrogens with zero attached hydrogens (tertiary/aromatic N) is 1. The number of fused-ring (bicyclic) bond motifs is 1. The van der Waals surface area contributed by atoms with E-state index in [1.807, 2.05) is 12.1 Å². The van der Waals surface area contributed by atoms with Crippen molar-refractivity contribution in [3.63, 3.8) is 0 Å². The Kier molecular flexibility index (Phi) is 9.48. The van der Waals surface area contributed by atoms with Crippen LogP contribution in [0.25, 0.3) is 10.9 Å². The molecule has 1 aromatic carbocycles. The summed E-state index contributed by atoms with van der Waals surface area (Å²) in [5, 5.41) is 0.692. The zero-order chi connectivity index (χ0) is 26.2. The number of hydrogen-bond acceptors (Lipinski definition) is 3. The molecule has 2 aromatic rings. The van der Waals surface area contributed by atoms with E-state index in [1.165, 1.54) is 6.20 Å². The predicted molar refractivity (Wildman–Crippen MR) is 153 cm³/mol. The summed E-state index contributed by atoms with van der Waals surface area (Å²) >= 11 is 3.49. The van der Waals surface area contributed by atoms with Crippen molar-refractivity contribution in [1.29, 1.82) is 0 Å². The predicted octanol–water partition coefficient (Wildman–Crippen LogP) is 10.2. The number of aromatic nitrogens is 1. The number of rotatable bonds is 10. The number of pyridine rings is 1. The maximum atomic E-state index is 14.6. The van der Waals surface area contributed by atoms with Gasteiger partial charge in [-0.3, -0.25) is 4.98 Å². The fourth-order valence-corrected chi connectivity index (χ4v) is 17.4. The molecule has 0 saturated heterocycles. The molecule has 0 bridgehead atoms. The first-order chi connectivity index (χ1) is 15.6. The molecule has 34 heavy (non-hydrogen) atoms. The summed E-state index contributed by atoms with van der Waals surface area (Å²) in [5.41, 5.74) is 3.19. The molecule has 1 aromatic heterocycles. The van der Waals surface area contributed by atoms with E-state index in [0.717, 1.165) is 5.75 Å². The minimum Gasteiger partial charge on any atom is -0.543 e. The summed E-state index contributed by atoms with van der Waals surface area (Å²) in [7, 11) is -4.47. The van der Waals surface area contributed by atoms with E-state index in [-0.39, 0.29) is 5.82 Å². The molecule has 0 aliphatic rings. The summed E-state index contributed by atoms with van der Waals surface area (Å²) in [4.78, 5) is 4.46. The summed E-state index contributed by atoms with van der Waals surface area (Å²) < 4.78 is 29.2. The smallest absolute Gasteiger partial charge is 0.258 e. The molecule has 0 aliphatic carbocycles. The first-order valence-corrected chi connectivity index (χ1v) is 17.9. The fraction of sp³-hybridized carbons (Fsp3) is 0.667. The van der Waals surface area contributed by atoms with Crippen LogP contribution in [0.3, 0.4) is 0 Å². The maximum absolute atomic E-state index is 14.6. The second-order valence-corrected chi connectivity index (χ2v) is 23.1. The quantitative estimate of drug-likeness (QED) is 0.266. The Morgan fingerprint density at radius 2 is 1.12 bits per heavy atom. The minimum atomic E-state index is -2.29. The molecular formula is C27H45BrFNO2Si2. The van der Waals surface area contributed by atoms with Crippen LogP contribution in [0, 0.1) is 5.82 Å². The number of hydrogen-bond donors (Lipinski definition) is 0.